The van der Waals surface area contributed by atoms with Gasteiger partial charge in [0.1, 0.15) is 58.4 Å². The molecule has 466 valence electrons. The minimum Gasteiger partial charge on any atom is -0.394 e. The molecule has 2 aliphatic heterocycles. The Balaban J connectivity index is 2.29. The van der Waals surface area contributed by atoms with Crippen LogP contribution in [0.2, 0.25) is 0 Å². The topological polar surface area (TPSA) is 366 Å². The van der Waals surface area contributed by atoms with Crippen molar-refractivity contribution < 1.29 is 62.6 Å². The maximum Gasteiger partial charge on any atom is 0.248 e. The molecule has 0 radical (unpaired) electrons. The van der Waals surface area contributed by atoms with Gasteiger partial charge in [0.15, 0.2) is 0 Å². The van der Waals surface area contributed by atoms with Crippen LogP contribution in [-0.4, -0.2) is 170 Å². The maximum atomic E-state index is 14.5. The Bertz CT molecular complexity index is 2320. The highest BCUT2D eigenvalue weighted by molar-refractivity contribution is 6.01. The van der Waals surface area contributed by atoms with Gasteiger partial charge in [0.05, 0.1) is 19.1 Å². The Morgan fingerprint density at radius 1 is 0.537 bits per heavy atom. The Morgan fingerprint density at radius 2 is 0.988 bits per heavy atom. The summed E-state index contributed by atoms with van der Waals surface area (Å²) >= 11 is 0. The van der Waals surface area contributed by atoms with Crippen LogP contribution < -0.4 is 53.6 Å². The minimum atomic E-state index is -1.66. The second-order valence-corrected chi connectivity index (χ2v) is 25.5. The van der Waals surface area contributed by atoms with Crippen molar-refractivity contribution in [1.29, 1.82) is 0 Å². The van der Waals surface area contributed by atoms with E-state index in [-0.39, 0.29) is 69.0 Å². The van der Waals surface area contributed by atoms with E-state index in [0.29, 0.717) is 32.1 Å². The predicted molar refractivity (Wildman–Crippen MR) is 307 cm³/mol. The molecule has 0 bridgehead atoms. The number of primary amides is 1. The van der Waals surface area contributed by atoms with Crippen LogP contribution in [0.5, 0.6) is 0 Å². The van der Waals surface area contributed by atoms with E-state index >= 15 is 0 Å². The van der Waals surface area contributed by atoms with Crippen molar-refractivity contribution in [3.63, 3.8) is 0 Å². The highest BCUT2D eigenvalue weighted by atomic mass is 16.3. The molecular weight excluding hydrogens is 1060 g/mol. The van der Waals surface area contributed by atoms with Gasteiger partial charge in [-0.15, -0.1) is 0 Å². The zero-order valence-electron chi connectivity index (χ0n) is 51.9. The summed E-state index contributed by atoms with van der Waals surface area (Å²) in [5, 5.41) is 34.2. The van der Waals surface area contributed by atoms with Crippen molar-refractivity contribution in [3.8, 4) is 0 Å². The summed E-state index contributed by atoms with van der Waals surface area (Å²) in [7, 11) is 0. The van der Waals surface area contributed by atoms with E-state index in [1.165, 1.54) is 65.2 Å². The van der Waals surface area contributed by atoms with Crippen molar-refractivity contribution in [2.45, 2.75) is 246 Å². The van der Waals surface area contributed by atoms with Crippen LogP contribution in [0.3, 0.4) is 0 Å². The Morgan fingerprint density at radius 3 is 1.43 bits per heavy atom. The molecule has 0 aromatic rings. The van der Waals surface area contributed by atoms with Gasteiger partial charge in [-0.2, -0.15) is 0 Å². The van der Waals surface area contributed by atoms with Crippen LogP contribution in [0.4, 0.5) is 0 Å². The van der Waals surface area contributed by atoms with Crippen molar-refractivity contribution in [3.05, 3.63) is 0 Å². The number of amides is 12. The van der Waals surface area contributed by atoms with E-state index in [4.69, 9.17) is 5.73 Å². The van der Waals surface area contributed by atoms with E-state index in [1.807, 2.05) is 27.7 Å². The molecule has 0 saturated carbocycles. The molecule has 2 heterocycles. The number of nitrogens with zero attached hydrogens (tertiary/aromatic N) is 2. The summed E-state index contributed by atoms with van der Waals surface area (Å²) in [6, 6.07) is -7.59. The normalized spacial score (nSPS) is 18.6. The van der Waals surface area contributed by atoms with E-state index in [0.717, 1.165) is 0 Å². The predicted octanol–water partition coefficient (Wildman–Crippen LogP) is 0.434. The third kappa shape index (κ3) is 20.8. The van der Waals surface area contributed by atoms with Gasteiger partial charge in [-0.1, -0.05) is 68.7 Å². The molecule has 2 fully saturated rings. The van der Waals surface area contributed by atoms with E-state index < -0.39 is 142 Å². The minimum absolute atomic E-state index is 0.0620. The first-order valence-corrected chi connectivity index (χ1v) is 29.1. The van der Waals surface area contributed by atoms with Gasteiger partial charge >= 0.3 is 0 Å². The fourth-order valence-electron chi connectivity index (χ4n) is 10.1. The van der Waals surface area contributed by atoms with Gasteiger partial charge in [0, 0.05) is 20.0 Å². The highest BCUT2D eigenvalue weighted by Gasteiger charge is 2.47. The number of hydrogen-bond acceptors (Lipinski definition) is 13. The van der Waals surface area contributed by atoms with Crippen molar-refractivity contribution in [1.82, 2.24) is 57.7 Å². The summed E-state index contributed by atoms with van der Waals surface area (Å²) in [6.45, 7) is 28.0. The molecule has 12 amide bonds. The number of hydrogen-bond donors (Lipinski definition) is 11. The van der Waals surface area contributed by atoms with E-state index in [9.17, 15) is 62.6 Å². The second-order valence-electron chi connectivity index (χ2n) is 25.5. The van der Waals surface area contributed by atoms with Gasteiger partial charge in [-0.25, -0.2) is 0 Å². The third-order valence-electron chi connectivity index (χ3n) is 15.0. The SMILES string of the molecule is CC[C@H](C)[C@H](NC(=O)[C@H](CC(C)C)NC(=O)[C@H](CC(N)=O)NC(=O)C(C)(C)NC(C)=O)C(=O)NC(C)(C)C(=O)N1CCC[C@H]1C(=O)N[C@](C)(CC)C(=O)N[C@@H](CC(C)C)C(=O)NC(C)(C)C(=O)N1CCC[C@H]1C(=O)N[C@H](CO)CC(C)C. The largest absolute Gasteiger partial charge is 0.394 e. The third-order valence-corrected chi connectivity index (χ3v) is 15.0. The summed E-state index contributed by atoms with van der Waals surface area (Å²) in [4.78, 5) is 167. The van der Waals surface area contributed by atoms with Gasteiger partial charge in [0.25, 0.3) is 0 Å². The standard InChI is InChI=1S/C57H100N12O13/c1-18-34(9)43(63-45(74)37(27-32(5)6)60-44(73)39(29-42(58)72)61-50(79)54(11,12)64-35(10)71)49(78)66-56(15,16)53(82)69-25-21-23-41(69)48(77)67-57(17,19-2)51(80)62-38(28-33(7)8)46(75)65-55(13,14)52(81)68-24-20-22-40(68)47(76)59-36(30-70)26-31(3)4/h31-34,36-41,43,70H,18-30H2,1-17H3,(H2,58,72)(H,59,76)(H,60,73)(H,61,79)(H,62,80)(H,63,74)(H,64,71)(H,65,75)(H,66,78)(H,67,77)/t34-,36-,37-,38-,39-,40-,41-,43-,57+/m0/s1. The van der Waals surface area contributed by atoms with E-state index in [1.54, 1.807) is 34.6 Å². The van der Waals surface area contributed by atoms with Crippen LogP contribution in [0.25, 0.3) is 0 Å². The molecule has 25 heteroatoms. The lowest BCUT2D eigenvalue weighted by molar-refractivity contribution is -0.146. The average molecular weight is 1160 g/mol. The van der Waals surface area contributed by atoms with Crippen LogP contribution >= 0.6 is 0 Å². The molecule has 0 spiro atoms. The van der Waals surface area contributed by atoms with Gasteiger partial charge in [-0.05, 0) is 124 Å². The smallest absolute Gasteiger partial charge is 0.248 e. The number of nitrogens with one attached hydrogen (secondary N) is 9. The molecule has 2 rings (SSSR count). The summed E-state index contributed by atoms with van der Waals surface area (Å²) in [5.74, 6) is -8.83. The first kappa shape index (κ1) is 71.7. The zero-order valence-corrected chi connectivity index (χ0v) is 51.9. The van der Waals surface area contributed by atoms with Crippen molar-refractivity contribution in [2.75, 3.05) is 19.7 Å². The zero-order chi connectivity index (χ0) is 63.0. The second kappa shape index (κ2) is 30.8. The van der Waals surface area contributed by atoms with E-state index in [2.05, 4.69) is 47.9 Å². The van der Waals surface area contributed by atoms with Gasteiger partial charge in [0.2, 0.25) is 70.9 Å². The Kier molecular flexibility index (Phi) is 26.9. The highest BCUT2D eigenvalue weighted by Crippen LogP contribution is 2.26. The fourth-order valence-corrected chi connectivity index (χ4v) is 10.1. The van der Waals surface area contributed by atoms with Crippen molar-refractivity contribution in [2.24, 2.45) is 29.4 Å². The van der Waals surface area contributed by atoms with Crippen LogP contribution in [0, 0.1) is 23.7 Å². The number of rotatable bonds is 31. The maximum absolute atomic E-state index is 14.5. The molecule has 0 aliphatic carbocycles. The van der Waals surface area contributed by atoms with Crippen LogP contribution in [0.1, 0.15) is 182 Å². The molecule has 2 saturated heterocycles. The number of likely N-dealkylation sites (tertiary alicyclic amines) is 2. The lowest BCUT2D eigenvalue weighted by atomic mass is 9.94. The Hall–Kier alpha value is -6.40. The molecule has 0 aromatic heterocycles. The molecule has 82 heavy (non-hydrogen) atoms. The number of aliphatic hydroxyl groups excluding tert-OH is 1. The molecular formula is C57H100N12O13. The number of carbonyl (C=O) groups excluding carboxylic acids is 12. The number of nitrogens with two attached hydrogens (primary N) is 1. The molecule has 12 N–H and O–H groups in total. The molecule has 0 unspecified atom stereocenters. The van der Waals surface area contributed by atoms with Crippen LogP contribution in [0.15, 0.2) is 0 Å². The first-order valence-electron chi connectivity index (χ1n) is 29.1. The first-order chi connectivity index (χ1) is 37.8. The number of carbonyl (C=O) groups is 12. The monoisotopic (exact) mass is 1160 g/mol. The quantitative estimate of drug-likeness (QED) is 0.0450. The average Bonchev–Trinajstić information content (AvgIpc) is 4.21. The molecule has 25 nitrogen and oxygen atoms in total. The molecule has 0 aromatic carbocycles. The van der Waals surface area contributed by atoms with Gasteiger partial charge in [-0.3, -0.25) is 57.5 Å². The fraction of sp³-hybridized carbons (Fsp3) is 0.789. The Labute approximate surface area is 485 Å². The lowest BCUT2D eigenvalue weighted by Gasteiger charge is -2.37. The van der Waals surface area contributed by atoms with Crippen molar-refractivity contribution >= 4 is 70.9 Å². The van der Waals surface area contributed by atoms with Crippen LogP contribution in [-0.2, 0) is 57.5 Å². The molecule has 9 atom stereocenters. The number of aliphatic hydroxyl groups is 1. The summed E-state index contributed by atoms with van der Waals surface area (Å²) < 4.78 is 0. The lowest BCUT2D eigenvalue weighted by Crippen LogP contribution is -2.66. The van der Waals surface area contributed by atoms with Gasteiger partial charge < -0.3 is 68.5 Å². The molecule has 2 aliphatic rings. The summed E-state index contributed by atoms with van der Waals surface area (Å²) in [6.07, 6.45) is 2.16. The summed E-state index contributed by atoms with van der Waals surface area (Å²) in [5.41, 5.74) is -0.847.